The number of hydrogen-bond donors (Lipinski definition) is 0. The van der Waals surface area contributed by atoms with E-state index in [4.69, 9.17) is 0 Å². The molecule has 0 unspecified atom stereocenters. The summed E-state index contributed by atoms with van der Waals surface area (Å²) in [4.78, 5) is 0. The van der Waals surface area contributed by atoms with E-state index >= 15 is 0 Å². The lowest BCUT2D eigenvalue weighted by molar-refractivity contribution is 1.18. The molecule has 0 spiro atoms. The summed E-state index contributed by atoms with van der Waals surface area (Å²) in [6.07, 6.45) is 0. The molecule has 2 nitrogen and oxygen atoms in total. The maximum atomic E-state index is 2.43. The van der Waals surface area contributed by atoms with E-state index in [1.54, 1.807) is 0 Å². The van der Waals surface area contributed by atoms with Gasteiger partial charge < -0.3 is 9.13 Å². The SMILES string of the molecule is c1ccc(-c2ccc(-n3c4ccc(-c5ccc6c(c5)c5cc(-c7ccccc7)ccc5n6-c5ccccc5)cc4c4ccc(-c5ccccc5)cc43)cc2)cc1. The third-order valence-electron chi connectivity index (χ3n) is 11.3. The predicted molar refractivity (Wildman–Crippen MR) is 237 cm³/mol. The minimum absolute atomic E-state index is 1.15. The van der Waals surface area contributed by atoms with Crippen molar-refractivity contribution in [2.24, 2.45) is 0 Å². The van der Waals surface area contributed by atoms with Crippen LogP contribution < -0.4 is 0 Å². The molecule has 0 radical (unpaired) electrons. The van der Waals surface area contributed by atoms with Crippen LogP contribution in [0.1, 0.15) is 0 Å². The minimum atomic E-state index is 1.15. The predicted octanol–water partition coefficient (Wildman–Crippen LogP) is 14.5. The Morgan fingerprint density at radius 3 is 1.02 bits per heavy atom. The molecule has 2 heterocycles. The molecule has 0 aliphatic heterocycles. The van der Waals surface area contributed by atoms with Crippen molar-refractivity contribution in [3.63, 3.8) is 0 Å². The Bertz CT molecular complexity index is 3190. The number of hydrogen-bond acceptors (Lipinski definition) is 0. The molecule has 0 fully saturated rings. The molecule has 0 bridgehead atoms. The summed E-state index contributed by atoms with van der Waals surface area (Å²) in [7, 11) is 0. The lowest BCUT2D eigenvalue weighted by atomic mass is 9.99. The lowest BCUT2D eigenvalue weighted by Crippen LogP contribution is -1.94. The van der Waals surface area contributed by atoms with Crippen molar-refractivity contribution < 1.29 is 0 Å². The van der Waals surface area contributed by atoms with Crippen LogP contribution in [0.4, 0.5) is 0 Å². The molecule has 2 aromatic heterocycles. The Kier molecular flexibility index (Phi) is 7.53. The first-order valence-corrected chi connectivity index (χ1v) is 19.3. The van der Waals surface area contributed by atoms with E-state index in [-0.39, 0.29) is 0 Å². The zero-order chi connectivity index (χ0) is 37.0. The van der Waals surface area contributed by atoms with Crippen LogP contribution in [-0.2, 0) is 0 Å². The van der Waals surface area contributed by atoms with Crippen molar-refractivity contribution in [3.05, 3.63) is 218 Å². The van der Waals surface area contributed by atoms with Crippen molar-refractivity contribution in [1.29, 1.82) is 0 Å². The van der Waals surface area contributed by atoms with Crippen LogP contribution >= 0.6 is 0 Å². The Hall–Kier alpha value is -7.42. The van der Waals surface area contributed by atoms with Gasteiger partial charge in [0.1, 0.15) is 0 Å². The van der Waals surface area contributed by atoms with Crippen molar-refractivity contribution in [2.75, 3.05) is 0 Å². The van der Waals surface area contributed by atoms with Gasteiger partial charge in [-0.2, -0.15) is 0 Å². The maximum Gasteiger partial charge on any atom is 0.0547 e. The zero-order valence-corrected chi connectivity index (χ0v) is 30.7. The average Bonchev–Trinajstić information content (AvgIpc) is 3.79. The highest BCUT2D eigenvalue weighted by molar-refractivity contribution is 6.13. The molecule has 9 aromatic carbocycles. The van der Waals surface area contributed by atoms with Crippen molar-refractivity contribution in [1.82, 2.24) is 9.13 Å². The summed E-state index contributed by atoms with van der Waals surface area (Å²) < 4.78 is 4.82. The smallest absolute Gasteiger partial charge is 0.0547 e. The Morgan fingerprint density at radius 2 is 0.518 bits per heavy atom. The highest BCUT2D eigenvalue weighted by Crippen LogP contribution is 2.40. The molecule has 0 amide bonds. The van der Waals surface area contributed by atoms with E-state index in [2.05, 4.69) is 228 Å². The number of benzene rings is 9. The van der Waals surface area contributed by atoms with Crippen LogP contribution in [-0.4, -0.2) is 9.13 Å². The van der Waals surface area contributed by atoms with Crippen LogP contribution in [0.2, 0.25) is 0 Å². The first-order chi connectivity index (χ1) is 27.8. The normalized spacial score (nSPS) is 11.6. The van der Waals surface area contributed by atoms with Crippen molar-refractivity contribution >= 4 is 43.6 Å². The summed E-state index contributed by atoms with van der Waals surface area (Å²) in [5.74, 6) is 0. The van der Waals surface area contributed by atoms with Gasteiger partial charge in [0.2, 0.25) is 0 Å². The largest absolute Gasteiger partial charge is 0.309 e. The summed E-state index contributed by atoms with van der Waals surface area (Å²) in [6.45, 7) is 0. The zero-order valence-electron chi connectivity index (χ0n) is 30.7. The molecule has 0 atom stereocenters. The van der Waals surface area contributed by atoms with Gasteiger partial charge in [-0.15, -0.1) is 0 Å². The molecular weight excluding hydrogens is 677 g/mol. The molecule has 11 aromatic rings. The highest BCUT2D eigenvalue weighted by Gasteiger charge is 2.18. The van der Waals surface area contributed by atoms with Gasteiger partial charge in [0.25, 0.3) is 0 Å². The molecule has 0 saturated carbocycles. The van der Waals surface area contributed by atoms with Crippen LogP contribution in [0.5, 0.6) is 0 Å². The van der Waals surface area contributed by atoms with E-state index in [0.717, 1.165) is 11.4 Å². The van der Waals surface area contributed by atoms with E-state index in [0.29, 0.717) is 0 Å². The third kappa shape index (κ3) is 5.34. The van der Waals surface area contributed by atoms with E-state index in [1.165, 1.54) is 88.1 Å². The molecule has 0 aliphatic carbocycles. The van der Waals surface area contributed by atoms with Gasteiger partial charge in [-0.3, -0.25) is 0 Å². The molecule has 2 heteroatoms. The highest BCUT2D eigenvalue weighted by atomic mass is 15.0. The molecule has 262 valence electrons. The van der Waals surface area contributed by atoms with Gasteiger partial charge in [0, 0.05) is 32.9 Å². The second-order valence-electron chi connectivity index (χ2n) is 14.6. The van der Waals surface area contributed by atoms with Gasteiger partial charge >= 0.3 is 0 Å². The first kappa shape index (κ1) is 32.0. The van der Waals surface area contributed by atoms with Crippen molar-refractivity contribution in [3.8, 4) is 55.9 Å². The quantitative estimate of drug-likeness (QED) is 0.162. The Morgan fingerprint density at radius 1 is 0.196 bits per heavy atom. The van der Waals surface area contributed by atoms with E-state index < -0.39 is 0 Å². The fourth-order valence-corrected chi connectivity index (χ4v) is 8.59. The molecular formula is C54H36N2. The summed E-state index contributed by atoms with van der Waals surface area (Å²) in [5.41, 5.74) is 16.8. The second-order valence-corrected chi connectivity index (χ2v) is 14.6. The fraction of sp³-hybridized carbons (Fsp3) is 0. The van der Waals surface area contributed by atoms with Crippen LogP contribution in [0.3, 0.4) is 0 Å². The molecule has 0 saturated heterocycles. The van der Waals surface area contributed by atoms with Gasteiger partial charge in [0.15, 0.2) is 0 Å². The number of aromatic nitrogens is 2. The number of rotatable bonds is 6. The topological polar surface area (TPSA) is 9.86 Å². The summed E-state index contributed by atoms with van der Waals surface area (Å²) >= 11 is 0. The number of para-hydroxylation sites is 1. The van der Waals surface area contributed by atoms with Crippen LogP contribution in [0.25, 0.3) is 99.5 Å². The Balaban J connectivity index is 1.10. The summed E-state index contributed by atoms with van der Waals surface area (Å²) in [5, 5.41) is 4.97. The number of nitrogens with zero attached hydrogens (tertiary/aromatic N) is 2. The lowest BCUT2D eigenvalue weighted by Gasteiger charge is -2.11. The standard InChI is InChI=1S/C54H36N2/c1-5-13-37(14-6-1)40-21-27-46(28-22-40)56-51-31-25-42(34-48(51)47-29-23-44(36-54(47)56)39-17-9-3-10-18-39)43-26-32-53-50(35-43)49-33-41(38-15-7-2-8-16-38)24-30-52(49)55(53)45-19-11-4-12-20-45/h1-36H. The molecule has 0 aliphatic rings. The first-order valence-electron chi connectivity index (χ1n) is 19.3. The van der Waals surface area contributed by atoms with Gasteiger partial charge in [-0.1, -0.05) is 152 Å². The van der Waals surface area contributed by atoms with E-state index in [1.807, 2.05) is 0 Å². The van der Waals surface area contributed by atoms with Crippen LogP contribution in [0.15, 0.2) is 218 Å². The van der Waals surface area contributed by atoms with Gasteiger partial charge in [-0.05, 0) is 111 Å². The maximum absolute atomic E-state index is 2.43. The van der Waals surface area contributed by atoms with E-state index in [9.17, 15) is 0 Å². The monoisotopic (exact) mass is 712 g/mol. The summed E-state index contributed by atoms with van der Waals surface area (Å²) in [6, 6.07) is 79.4. The Labute approximate surface area is 325 Å². The van der Waals surface area contributed by atoms with Crippen molar-refractivity contribution in [2.45, 2.75) is 0 Å². The molecule has 11 rings (SSSR count). The average molecular weight is 713 g/mol. The number of fused-ring (bicyclic) bond motifs is 6. The van der Waals surface area contributed by atoms with Gasteiger partial charge in [0.05, 0.1) is 22.1 Å². The second kappa shape index (κ2) is 13.2. The van der Waals surface area contributed by atoms with Crippen LogP contribution in [0, 0.1) is 0 Å². The minimum Gasteiger partial charge on any atom is -0.309 e. The molecule has 56 heavy (non-hydrogen) atoms. The molecule has 0 N–H and O–H groups in total. The third-order valence-corrected chi connectivity index (χ3v) is 11.3. The fourth-order valence-electron chi connectivity index (χ4n) is 8.59. The van der Waals surface area contributed by atoms with Gasteiger partial charge in [-0.25, -0.2) is 0 Å².